The molecule has 0 aliphatic rings. The molecule has 0 bridgehead atoms. The third-order valence-corrected chi connectivity index (χ3v) is 3.04. The summed E-state index contributed by atoms with van der Waals surface area (Å²) in [5.41, 5.74) is 0.872. The highest BCUT2D eigenvalue weighted by Crippen LogP contribution is 2.12. The SMILES string of the molecule is COCCNCCCCCCc1ccc(F)c(F)c1. The molecule has 19 heavy (non-hydrogen) atoms. The number of nitrogens with one attached hydrogen (secondary N) is 1. The van der Waals surface area contributed by atoms with Gasteiger partial charge in [-0.15, -0.1) is 0 Å². The average molecular weight is 271 g/mol. The number of methoxy groups -OCH3 is 1. The number of aryl methyl sites for hydroxylation is 1. The van der Waals surface area contributed by atoms with E-state index in [1.54, 1.807) is 13.2 Å². The van der Waals surface area contributed by atoms with Crippen LogP contribution in [-0.2, 0) is 11.2 Å². The maximum atomic E-state index is 13.0. The Kier molecular flexibility index (Phi) is 8.34. The Morgan fingerprint density at radius 2 is 1.79 bits per heavy atom. The van der Waals surface area contributed by atoms with E-state index in [1.165, 1.54) is 12.1 Å². The summed E-state index contributed by atoms with van der Waals surface area (Å²) in [4.78, 5) is 0. The predicted octanol–water partition coefficient (Wildman–Crippen LogP) is 3.30. The second-order valence-corrected chi connectivity index (χ2v) is 4.66. The van der Waals surface area contributed by atoms with Crippen LogP contribution in [0.4, 0.5) is 8.78 Å². The summed E-state index contributed by atoms with van der Waals surface area (Å²) >= 11 is 0. The quantitative estimate of drug-likeness (QED) is 0.659. The number of halogens is 2. The lowest BCUT2D eigenvalue weighted by Gasteiger charge is -2.04. The van der Waals surface area contributed by atoms with Gasteiger partial charge >= 0.3 is 0 Å². The van der Waals surface area contributed by atoms with Crippen LogP contribution in [-0.4, -0.2) is 26.8 Å². The van der Waals surface area contributed by atoms with Crippen LogP contribution in [0.3, 0.4) is 0 Å². The van der Waals surface area contributed by atoms with E-state index in [2.05, 4.69) is 5.32 Å². The Bertz CT molecular complexity index is 358. The minimum absolute atomic E-state index is 0.746. The Labute approximate surface area is 114 Å². The molecule has 1 aromatic carbocycles. The van der Waals surface area contributed by atoms with Gasteiger partial charge in [0.05, 0.1) is 6.61 Å². The molecular weight excluding hydrogens is 248 g/mol. The Morgan fingerprint density at radius 3 is 2.53 bits per heavy atom. The molecule has 0 atom stereocenters. The summed E-state index contributed by atoms with van der Waals surface area (Å²) in [6.07, 6.45) is 5.24. The molecular formula is C15H23F2NO. The summed E-state index contributed by atoms with van der Waals surface area (Å²) in [5.74, 6) is -1.52. The average Bonchev–Trinajstić information content (AvgIpc) is 2.41. The van der Waals surface area contributed by atoms with Crippen LogP contribution < -0.4 is 5.32 Å². The monoisotopic (exact) mass is 271 g/mol. The van der Waals surface area contributed by atoms with Gasteiger partial charge in [0.1, 0.15) is 0 Å². The number of benzene rings is 1. The molecule has 1 aromatic rings. The second kappa shape index (κ2) is 9.87. The largest absolute Gasteiger partial charge is 0.383 e. The van der Waals surface area contributed by atoms with Crippen LogP contribution in [0.15, 0.2) is 18.2 Å². The zero-order valence-corrected chi connectivity index (χ0v) is 11.6. The molecule has 0 radical (unpaired) electrons. The summed E-state index contributed by atoms with van der Waals surface area (Å²) in [7, 11) is 1.69. The van der Waals surface area contributed by atoms with E-state index < -0.39 is 11.6 Å². The summed E-state index contributed by atoms with van der Waals surface area (Å²) in [5, 5.41) is 3.29. The first-order chi connectivity index (χ1) is 9.24. The zero-order valence-electron chi connectivity index (χ0n) is 11.6. The molecule has 1 rings (SSSR count). The third kappa shape index (κ3) is 7.23. The number of hydrogen-bond acceptors (Lipinski definition) is 2. The van der Waals surface area contributed by atoms with Crippen LogP contribution in [0.5, 0.6) is 0 Å². The van der Waals surface area contributed by atoms with Gasteiger partial charge in [-0.05, 0) is 43.5 Å². The topological polar surface area (TPSA) is 21.3 Å². The van der Waals surface area contributed by atoms with Crippen molar-refractivity contribution in [3.8, 4) is 0 Å². The fourth-order valence-electron chi connectivity index (χ4n) is 1.93. The highest BCUT2D eigenvalue weighted by molar-refractivity contribution is 5.17. The van der Waals surface area contributed by atoms with Gasteiger partial charge < -0.3 is 10.1 Å². The highest BCUT2D eigenvalue weighted by Gasteiger charge is 2.02. The number of rotatable bonds is 10. The first kappa shape index (κ1) is 16.1. The Balaban J connectivity index is 2.00. The fraction of sp³-hybridized carbons (Fsp3) is 0.600. The number of unbranched alkanes of at least 4 members (excludes halogenated alkanes) is 3. The molecule has 2 nitrogen and oxygen atoms in total. The van der Waals surface area contributed by atoms with Crippen LogP contribution in [0.1, 0.15) is 31.2 Å². The van der Waals surface area contributed by atoms with Crippen molar-refractivity contribution in [1.82, 2.24) is 5.32 Å². The van der Waals surface area contributed by atoms with E-state index in [4.69, 9.17) is 4.74 Å². The van der Waals surface area contributed by atoms with Gasteiger partial charge in [-0.25, -0.2) is 8.78 Å². The van der Waals surface area contributed by atoms with Crippen molar-refractivity contribution in [2.24, 2.45) is 0 Å². The number of hydrogen-bond donors (Lipinski definition) is 1. The van der Waals surface area contributed by atoms with Crippen molar-refractivity contribution in [2.45, 2.75) is 32.1 Å². The summed E-state index contributed by atoms with van der Waals surface area (Å²) < 4.78 is 30.6. The lowest BCUT2D eigenvalue weighted by Crippen LogP contribution is -2.20. The van der Waals surface area contributed by atoms with Crippen LogP contribution >= 0.6 is 0 Å². The molecule has 0 unspecified atom stereocenters. The van der Waals surface area contributed by atoms with Gasteiger partial charge in [0.15, 0.2) is 11.6 Å². The van der Waals surface area contributed by atoms with Crippen molar-refractivity contribution < 1.29 is 13.5 Å². The zero-order chi connectivity index (χ0) is 13.9. The molecule has 0 spiro atoms. The van der Waals surface area contributed by atoms with Gasteiger partial charge in [0.2, 0.25) is 0 Å². The van der Waals surface area contributed by atoms with Gasteiger partial charge in [0.25, 0.3) is 0 Å². The first-order valence-electron chi connectivity index (χ1n) is 6.87. The lowest BCUT2D eigenvalue weighted by atomic mass is 10.1. The molecule has 0 aromatic heterocycles. The van der Waals surface area contributed by atoms with E-state index in [1.807, 2.05) is 0 Å². The van der Waals surface area contributed by atoms with Crippen molar-refractivity contribution in [1.29, 1.82) is 0 Å². The molecule has 1 N–H and O–H groups in total. The summed E-state index contributed by atoms with van der Waals surface area (Å²) in [6, 6.07) is 4.15. The molecule has 0 aliphatic heterocycles. The highest BCUT2D eigenvalue weighted by atomic mass is 19.2. The second-order valence-electron chi connectivity index (χ2n) is 4.66. The van der Waals surface area contributed by atoms with Crippen molar-refractivity contribution in [3.05, 3.63) is 35.4 Å². The third-order valence-electron chi connectivity index (χ3n) is 3.04. The van der Waals surface area contributed by atoms with Gasteiger partial charge in [-0.1, -0.05) is 18.9 Å². The lowest BCUT2D eigenvalue weighted by molar-refractivity contribution is 0.199. The molecule has 0 heterocycles. The van der Waals surface area contributed by atoms with E-state index in [0.717, 1.165) is 57.4 Å². The number of ether oxygens (including phenoxy) is 1. The normalized spacial score (nSPS) is 10.9. The molecule has 0 aliphatic carbocycles. The Morgan fingerprint density at radius 1 is 1.00 bits per heavy atom. The van der Waals surface area contributed by atoms with E-state index >= 15 is 0 Å². The predicted molar refractivity (Wildman–Crippen MR) is 73.3 cm³/mol. The van der Waals surface area contributed by atoms with E-state index in [9.17, 15) is 8.78 Å². The maximum Gasteiger partial charge on any atom is 0.159 e. The van der Waals surface area contributed by atoms with Gasteiger partial charge in [-0.3, -0.25) is 0 Å². The minimum atomic E-state index is -0.772. The summed E-state index contributed by atoms with van der Waals surface area (Å²) in [6.45, 7) is 2.65. The van der Waals surface area contributed by atoms with Crippen LogP contribution in [0, 0.1) is 11.6 Å². The van der Waals surface area contributed by atoms with Crippen LogP contribution in [0.2, 0.25) is 0 Å². The first-order valence-corrected chi connectivity index (χ1v) is 6.87. The molecule has 108 valence electrons. The Hall–Kier alpha value is -1.00. The van der Waals surface area contributed by atoms with Crippen molar-refractivity contribution in [2.75, 3.05) is 26.8 Å². The molecule has 4 heteroatoms. The van der Waals surface area contributed by atoms with E-state index in [-0.39, 0.29) is 0 Å². The minimum Gasteiger partial charge on any atom is -0.383 e. The van der Waals surface area contributed by atoms with Gasteiger partial charge in [0, 0.05) is 13.7 Å². The van der Waals surface area contributed by atoms with Crippen LogP contribution in [0.25, 0.3) is 0 Å². The standard InChI is InChI=1S/C15H23F2NO/c1-19-11-10-18-9-5-3-2-4-6-13-7-8-14(16)15(17)12-13/h7-8,12,18H,2-6,9-11H2,1H3. The fourth-order valence-corrected chi connectivity index (χ4v) is 1.93. The maximum absolute atomic E-state index is 13.0. The smallest absolute Gasteiger partial charge is 0.159 e. The molecule has 0 saturated heterocycles. The van der Waals surface area contributed by atoms with Crippen molar-refractivity contribution >= 4 is 0 Å². The van der Waals surface area contributed by atoms with E-state index in [0.29, 0.717) is 0 Å². The van der Waals surface area contributed by atoms with Crippen molar-refractivity contribution in [3.63, 3.8) is 0 Å². The molecule has 0 saturated carbocycles. The van der Waals surface area contributed by atoms with Gasteiger partial charge in [-0.2, -0.15) is 0 Å². The molecule has 0 amide bonds. The molecule has 0 fully saturated rings.